The number of likely N-dealkylation sites (tertiary alicyclic amines) is 1. The van der Waals surface area contributed by atoms with Crippen LogP contribution in [0, 0.1) is 5.92 Å². The molecule has 7 heteroatoms. The molecule has 1 aliphatic rings. The molecule has 0 aromatic heterocycles. The van der Waals surface area contributed by atoms with E-state index in [-0.39, 0.29) is 35.9 Å². The van der Waals surface area contributed by atoms with Crippen LogP contribution in [0.25, 0.3) is 0 Å². The Bertz CT molecular complexity index is 853. The summed E-state index contributed by atoms with van der Waals surface area (Å²) in [6.45, 7) is 5.72. The summed E-state index contributed by atoms with van der Waals surface area (Å²) < 4.78 is 11.1. The Morgan fingerprint density at radius 2 is 1.69 bits per heavy atom. The van der Waals surface area contributed by atoms with Crippen molar-refractivity contribution in [3.05, 3.63) is 71.3 Å². The van der Waals surface area contributed by atoms with Crippen LogP contribution in [0.4, 0.5) is 0 Å². The number of hydrogen-bond acceptors (Lipinski definition) is 4. The Morgan fingerprint density at radius 3 is 2.34 bits per heavy atom. The van der Waals surface area contributed by atoms with Crippen LogP contribution in [0.2, 0.25) is 0 Å². The minimum Gasteiger partial charge on any atom is -0.466 e. The Labute approximate surface area is 208 Å². The highest BCUT2D eigenvalue weighted by Gasteiger charge is 2.27. The zero-order valence-corrected chi connectivity index (χ0v) is 21.3. The Balaban J connectivity index is 0.00000363. The molecule has 1 heterocycles. The first-order valence-corrected chi connectivity index (χ1v) is 11.0. The Kier molecular flexibility index (Phi) is 11.5. The lowest BCUT2D eigenvalue weighted by atomic mass is 9.97. The van der Waals surface area contributed by atoms with E-state index in [2.05, 4.69) is 39.5 Å². The van der Waals surface area contributed by atoms with Gasteiger partial charge in [-0.1, -0.05) is 54.6 Å². The molecule has 32 heavy (non-hydrogen) atoms. The second kappa shape index (κ2) is 14.1. The van der Waals surface area contributed by atoms with Crippen molar-refractivity contribution in [3.63, 3.8) is 0 Å². The van der Waals surface area contributed by atoms with E-state index in [4.69, 9.17) is 9.47 Å². The maximum absolute atomic E-state index is 12.0. The molecule has 1 saturated heterocycles. The number of ether oxygens (including phenoxy) is 2. The van der Waals surface area contributed by atoms with E-state index in [1.54, 1.807) is 7.05 Å². The van der Waals surface area contributed by atoms with Crippen LogP contribution in [0.15, 0.2) is 59.6 Å². The molecule has 0 bridgehead atoms. The Hall–Kier alpha value is -2.13. The number of nitrogens with one attached hydrogen (secondary N) is 1. The number of carbonyl (C=O) groups excluding carboxylic acids is 1. The van der Waals surface area contributed by atoms with Gasteiger partial charge in [0, 0.05) is 26.7 Å². The number of carbonyl (C=O) groups is 1. The van der Waals surface area contributed by atoms with E-state index in [1.165, 1.54) is 16.7 Å². The fraction of sp³-hybridized carbons (Fsp3) is 0.440. The van der Waals surface area contributed by atoms with Gasteiger partial charge < -0.3 is 19.7 Å². The summed E-state index contributed by atoms with van der Waals surface area (Å²) >= 11 is 0. The molecule has 174 valence electrons. The predicted molar refractivity (Wildman–Crippen MR) is 138 cm³/mol. The van der Waals surface area contributed by atoms with E-state index >= 15 is 0 Å². The standard InChI is InChI=1S/C25H33N3O3.HI/c1-3-31-24(29)21-13-15-28(16-14-21)25(26-2)27-17-22-11-7-8-12-23(22)19-30-18-20-9-5-4-6-10-20;/h4-12,21H,3,13-19H2,1-2H3,(H,26,27);1H. The van der Waals surface area contributed by atoms with Gasteiger partial charge in [0.15, 0.2) is 5.96 Å². The predicted octanol–water partition coefficient (Wildman–Crippen LogP) is 4.37. The van der Waals surface area contributed by atoms with E-state index in [0.717, 1.165) is 31.9 Å². The molecule has 2 aromatic rings. The third kappa shape index (κ3) is 7.78. The van der Waals surface area contributed by atoms with Gasteiger partial charge in [-0.25, -0.2) is 0 Å². The van der Waals surface area contributed by atoms with E-state index in [1.807, 2.05) is 37.3 Å². The van der Waals surface area contributed by atoms with Gasteiger partial charge in [-0.2, -0.15) is 0 Å². The van der Waals surface area contributed by atoms with Crippen molar-refractivity contribution in [2.75, 3.05) is 26.7 Å². The minimum absolute atomic E-state index is 0. The van der Waals surface area contributed by atoms with Gasteiger partial charge in [-0.05, 0) is 36.5 Å². The van der Waals surface area contributed by atoms with Crippen LogP contribution in [0.3, 0.4) is 0 Å². The van der Waals surface area contributed by atoms with E-state index < -0.39 is 0 Å². The SMILES string of the molecule is CCOC(=O)C1CCN(C(=NC)NCc2ccccc2COCc2ccccc2)CC1.I. The average Bonchev–Trinajstić information content (AvgIpc) is 2.81. The first-order chi connectivity index (χ1) is 15.2. The van der Waals surface area contributed by atoms with E-state index in [9.17, 15) is 4.79 Å². The molecule has 1 N–H and O–H groups in total. The second-order valence-corrected chi connectivity index (χ2v) is 7.66. The van der Waals surface area contributed by atoms with Crippen molar-refractivity contribution in [1.29, 1.82) is 0 Å². The van der Waals surface area contributed by atoms with Gasteiger partial charge in [0.2, 0.25) is 0 Å². The average molecular weight is 551 g/mol. The third-order valence-electron chi connectivity index (χ3n) is 5.55. The quantitative estimate of drug-likeness (QED) is 0.229. The van der Waals surface area contributed by atoms with Gasteiger partial charge in [-0.15, -0.1) is 24.0 Å². The van der Waals surface area contributed by atoms with Crippen molar-refractivity contribution in [2.24, 2.45) is 10.9 Å². The highest BCUT2D eigenvalue weighted by Crippen LogP contribution is 2.19. The maximum atomic E-state index is 12.0. The summed E-state index contributed by atoms with van der Waals surface area (Å²) in [5.41, 5.74) is 3.53. The van der Waals surface area contributed by atoms with Gasteiger partial charge in [0.1, 0.15) is 0 Å². The number of guanidine groups is 1. The largest absolute Gasteiger partial charge is 0.466 e. The van der Waals surface area contributed by atoms with Crippen LogP contribution in [-0.4, -0.2) is 43.6 Å². The molecule has 0 aliphatic carbocycles. The molecular weight excluding hydrogens is 517 g/mol. The number of halogens is 1. The number of piperidine rings is 1. The van der Waals surface area contributed by atoms with E-state index in [0.29, 0.717) is 26.4 Å². The van der Waals surface area contributed by atoms with Gasteiger partial charge in [0.25, 0.3) is 0 Å². The molecule has 0 radical (unpaired) electrons. The number of rotatable bonds is 8. The van der Waals surface area contributed by atoms with Crippen LogP contribution in [0.5, 0.6) is 0 Å². The van der Waals surface area contributed by atoms with Crippen molar-refractivity contribution < 1.29 is 14.3 Å². The fourth-order valence-corrected chi connectivity index (χ4v) is 3.82. The van der Waals surface area contributed by atoms with Gasteiger partial charge in [-0.3, -0.25) is 9.79 Å². The van der Waals surface area contributed by atoms with Crippen molar-refractivity contribution in [3.8, 4) is 0 Å². The number of hydrogen-bond donors (Lipinski definition) is 1. The van der Waals surface area contributed by atoms with Crippen LogP contribution in [0.1, 0.15) is 36.5 Å². The molecule has 6 nitrogen and oxygen atoms in total. The fourth-order valence-electron chi connectivity index (χ4n) is 3.82. The molecule has 0 spiro atoms. The third-order valence-corrected chi connectivity index (χ3v) is 5.55. The highest BCUT2D eigenvalue weighted by atomic mass is 127. The van der Waals surface area contributed by atoms with Gasteiger partial charge in [0.05, 0.1) is 25.7 Å². The minimum atomic E-state index is -0.0745. The summed E-state index contributed by atoms with van der Waals surface area (Å²) in [6.07, 6.45) is 1.59. The summed E-state index contributed by atoms with van der Waals surface area (Å²) in [7, 11) is 1.80. The lowest BCUT2D eigenvalue weighted by Crippen LogP contribution is -2.46. The second-order valence-electron chi connectivity index (χ2n) is 7.66. The number of benzene rings is 2. The van der Waals surface area contributed by atoms with Crippen molar-refractivity contribution in [2.45, 2.75) is 39.5 Å². The summed E-state index contributed by atoms with van der Waals surface area (Å²) in [4.78, 5) is 18.6. The molecular formula is C25H34IN3O3. The number of esters is 1. The van der Waals surface area contributed by atoms with Crippen molar-refractivity contribution >= 4 is 35.9 Å². The molecule has 0 amide bonds. The molecule has 0 saturated carbocycles. The molecule has 0 atom stereocenters. The zero-order valence-electron chi connectivity index (χ0n) is 19.0. The Morgan fingerprint density at radius 1 is 1.03 bits per heavy atom. The molecule has 0 unspecified atom stereocenters. The molecule has 2 aromatic carbocycles. The number of nitrogens with zero attached hydrogens (tertiary/aromatic N) is 2. The molecule has 1 fully saturated rings. The normalized spacial score (nSPS) is 14.6. The smallest absolute Gasteiger partial charge is 0.309 e. The van der Waals surface area contributed by atoms with Crippen molar-refractivity contribution in [1.82, 2.24) is 10.2 Å². The first kappa shape index (κ1) is 26.1. The lowest BCUT2D eigenvalue weighted by molar-refractivity contribution is -0.149. The van der Waals surface area contributed by atoms with Gasteiger partial charge >= 0.3 is 5.97 Å². The van der Waals surface area contributed by atoms with Crippen LogP contribution >= 0.6 is 24.0 Å². The lowest BCUT2D eigenvalue weighted by Gasteiger charge is -2.33. The molecule has 1 aliphatic heterocycles. The highest BCUT2D eigenvalue weighted by molar-refractivity contribution is 14.0. The maximum Gasteiger partial charge on any atom is 0.309 e. The van der Waals surface area contributed by atoms with Crippen LogP contribution in [-0.2, 0) is 34.0 Å². The topological polar surface area (TPSA) is 63.2 Å². The first-order valence-electron chi connectivity index (χ1n) is 11.0. The monoisotopic (exact) mass is 551 g/mol. The molecule has 3 rings (SSSR count). The summed E-state index contributed by atoms with van der Waals surface area (Å²) in [5, 5.41) is 3.48. The summed E-state index contributed by atoms with van der Waals surface area (Å²) in [6, 6.07) is 18.5. The zero-order chi connectivity index (χ0) is 21.9. The van der Waals surface area contributed by atoms with Crippen LogP contribution < -0.4 is 5.32 Å². The summed E-state index contributed by atoms with van der Waals surface area (Å²) in [5.74, 6) is 0.786. The number of aliphatic imine (C=N–C) groups is 1.